The SMILES string of the molecule is CCOc1cc(C2C3=CCC4C(=O)N(c5ccc(Cl)cc5)C(=O)C4C3CC3C(=O)N(c4ccccc4)C(=O)C32C)ccc1O. The average Bonchev–Trinajstić information content (AvgIpc) is 3.39. The number of nitrogens with zero attached hydrogens (tertiary/aromatic N) is 2. The summed E-state index contributed by atoms with van der Waals surface area (Å²) in [7, 11) is 0. The quantitative estimate of drug-likeness (QED) is 0.286. The molecule has 3 aromatic rings. The van der Waals surface area contributed by atoms with E-state index in [1.54, 1.807) is 60.7 Å². The van der Waals surface area contributed by atoms with E-state index in [1.165, 1.54) is 15.9 Å². The Balaban J connectivity index is 1.37. The first-order valence-electron chi connectivity index (χ1n) is 14.9. The number of fused-ring (bicyclic) bond motifs is 4. The molecule has 2 aliphatic carbocycles. The second kappa shape index (κ2) is 10.3. The molecular formula is C35H31ClN2O6. The van der Waals surface area contributed by atoms with Crippen molar-refractivity contribution in [2.24, 2.45) is 29.1 Å². The second-order valence-corrected chi connectivity index (χ2v) is 12.6. The number of phenols is 1. The highest BCUT2D eigenvalue weighted by Gasteiger charge is 2.67. The lowest BCUT2D eigenvalue weighted by Gasteiger charge is -2.49. The van der Waals surface area contributed by atoms with Crippen LogP contribution in [-0.2, 0) is 19.2 Å². The van der Waals surface area contributed by atoms with Crippen LogP contribution in [0.25, 0.3) is 0 Å². The highest BCUT2D eigenvalue weighted by Crippen LogP contribution is 2.64. The molecule has 0 spiro atoms. The Morgan fingerprint density at radius 2 is 1.59 bits per heavy atom. The van der Waals surface area contributed by atoms with Gasteiger partial charge in [-0.25, -0.2) is 4.90 Å². The van der Waals surface area contributed by atoms with E-state index in [0.29, 0.717) is 35.0 Å². The Kier molecular flexibility index (Phi) is 6.66. The van der Waals surface area contributed by atoms with Gasteiger partial charge >= 0.3 is 0 Å². The van der Waals surface area contributed by atoms with Crippen molar-refractivity contribution in [2.45, 2.75) is 32.6 Å². The van der Waals surface area contributed by atoms with Gasteiger partial charge in [0.2, 0.25) is 23.6 Å². The van der Waals surface area contributed by atoms with Crippen LogP contribution in [-0.4, -0.2) is 35.3 Å². The van der Waals surface area contributed by atoms with E-state index in [1.807, 2.05) is 26.0 Å². The van der Waals surface area contributed by atoms with Crippen LogP contribution < -0.4 is 14.5 Å². The zero-order chi connectivity index (χ0) is 30.9. The number of rotatable bonds is 5. The molecule has 6 atom stereocenters. The third kappa shape index (κ3) is 3.97. The molecule has 0 aromatic heterocycles. The lowest BCUT2D eigenvalue weighted by molar-refractivity contribution is -0.131. The van der Waals surface area contributed by atoms with E-state index < -0.39 is 35.0 Å². The van der Waals surface area contributed by atoms with Crippen molar-refractivity contribution in [1.82, 2.24) is 0 Å². The number of ether oxygens (including phenoxy) is 1. The predicted molar refractivity (Wildman–Crippen MR) is 164 cm³/mol. The Hall–Kier alpha value is -4.43. The molecule has 4 aliphatic rings. The molecule has 2 aliphatic heterocycles. The Labute approximate surface area is 259 Å². The second-order valence-electron chi connectivity index (χ2n) is 12.1. The van der Waals surface area contributed by atoms with E-state index in [9.17, 15) is 24.3 Å². The van der Waals surface area contributed by atoms with Crippen molar-refractivity contribution in [3.63, 3.8) is 0 Å². The van der Waals surface area contributed by atoms with Crippen molar-refractivity contribution in [3.05, 3.63) is 95.0 Å². The van der Waals surface area contributed by atoms with Crippen molar-refractivity contribution < 1.29 is 29.0 Å². The summed E-state index contributed by atoms with van der Waals surface area (Å²) in [5, 5.41) is 11.0. The third-order valence-electron chi connectivity index (χ3n) is 9.99. The van der Waals surface area contributed by atoms with E-state index in [2.05, 4.69) is 0 Å². The molecule has 3 aromatic carbocycles. The maximum absolute atomic E-state index is 14.5. The number of allylic oxidation sites excluding steroid dienone is 2. The first kappa shape index (κ1) is 28.3. The smallest absolute Gasteiger partial charge is 0.241 e. The van der Waals surface area contributed by atoms with Crippen LogP contribution >= 0.6 is 11.6 Å². The molecule has 1 N–H and O–H groups in total. The summed E-state index contributed by atoms with van der Waals surface area (Å²) in [4.78, 5) is 59.1. The van der Waals surface area contributed by atoms with E-state index in [4.69, 9.17) is 16.3 Å². The number of hydrogen-bond donors (Lipinski definition) is 1. The molecule has 4 amide bonds. The molecule has 0 bridgehead atoms. The van der Waals surface area contributed by atoms with Crippen molar-refractivity contribution >= 4 is 46.6 Å². The van der Waals surface area contributed by atoms with E-state index in [-0.39, 0.29) is 41.5 Å². The molecule has 1 saturated carbocycles. The zero-order valence-electron chi connectivity index (χ0n) is 24.3. The highest BCUT2D eigenvalue weighted by molar-refractivity contribution is 6.31. The van der Waals surface area contributed by atoms with Crippen LogP contribution in [0.2, 0.25) is 5.02 Å². The number of carbonyl (C=O) groups is 4. The number of amides is 4. The number of phenolic OH excluding ortho intramolecular Hbond substituents is 1. The van der Waals surface area contributed by atoms with Gasteiger partial charge in [0, 0.05) is 10.9 Å². The van der Waals surface area contributed by atoms with Gasteiger partial charge in [0.15, 0.2) is 11.5 Å². The van der Waals surface area contributed by atoms with Crippen LogP contribution in [0.15, 0.2) is 84.4 Å². The van der Waals surface area contributed by atoms with Gasteiger partial charge in [-0.05, 0) is 86.7 Å². The number of benzene rings is 3. The van der Waals surface area contributed by atoms with Gasteiger partial charge in [-0.15, -0.1) is 0 Å². The molecule has 7 rings (SSSR count). The molecule has 224 valence electrons. The Morgan fingerprint density at radius 3 is 2.30 bits per heavy atom. The van der Waals surface area contributed by atoms with Crippen LogP contribution in [0.1, 0.15) is 38.2 Å². The van der Waals surface area contributed by atoms with Crippen LogP contribution in [0.5, 0.6) is 11.5 Å². The molecule has 9 heteroatoms. The van der Waals surface area contributed by atoms with Gasteiger partial charge in [-0.3, -0.25) is 24.1 Å². The normalized spacial score (nSPS) is 29.3. The zero-order valence-corrected chi connectivity index (χ0v) is 25.0. The van der Waals surface area contributed by atoms with Crippen LogP contribution in [0.3, 0.4) is 0 Å². The van der Waals surface area contributed by atoms with E-state index in [0.717, 1.165) is 5.57 Å². The molecule has 2 heterocycles. The molecule has 0 radical (unpaired) electrons. The number of carbonyl (C=O) groups excluding carboxylic acids is 4. The topological polar surface area (TPSA) is 104 Å². The molecule has 44 heavy (non-hydrogen) atoms. The maximum atomic E-state index is 14.5. The lowest BCUT2D eigenvalue weighted by atomic mass is 9.51. The van der Waals surface area contributed by atoms with Gasteiger partial charge < -0.3 is 9.84 Å². The molecular weight excluding hydrogens is 580 g/mol. The summed E-state index contributed by atoms with van der Waals surface area (Å²) in [6, 6.07) is 20.5. The third-order valence-corrected chi connectivity index (χ3v) is 10.2. The minimum absolute atomic E-state index is 0.0303. The van der Waals surface area contributed by atoms with Crippen molar-refractivity contribution in [1.29, 1.82) is 0 Å². The summed E-state index contributed by atoms with van der Waals surface area (Å²) in [5.41, 5.74) is 1.35. The first-order valence-corrected chi connectivity index (χ1v) is 15.3. The van der Waals surface area contributed by atoms with Gasteiger partial charge in [0.05, 0.1) is 41.2 Å². The fraction of sp³-hybridized carbons (Fsp3) is 0.314. The number of imide groups is 2. The Morgan fingerprint density at radius 1 is 0.886 bits per heavy atom. The summed E-state index contributed by atoms with van der Waals surface area (Å²) in [6.07, 6.45) is 2.60. The Bertz CT molecular complexity index is 1740. The van der Waals surface area contributed by atoms with Gasteiger partial charge in [0.25, 0.3) is 0 Å². The number of anilines is 2. The van der Waals surface area contributed by atoms with Gasteiger partial charge in [-0.2, -0.15) is 0 Å². The first-order chi connectivity index (χ1) is 21.2. The van der Waals surface area contributed by atoms with E-state index >= 15 is 0 Å². The van der Waals surface area contributed by atoms with Gasteiger partial charge in [-0.1, -0.05) is 47.5 Å². The number of hydrogen-bond acceptors (Lipinski definition) is 6. The standard InChI is InChI=1S/C35H31ClN2O6/c1-3-44-28-17-19(9-16-27(28)39)30-23-14-15-24-29(33(42)37(31(24)40)22-12-10-20(36)11-13-22)25(23)18-26-32(41)38(34(43)35(26,30)2)21-7-5-4-6-8-21/h4-14,16-17,24-26,29-30,39H,3,15,18H2,1-2H3. The molecule has 6 unspecified atom stereocenters. The summed E-state index contributed by atoms with van der Waals surface area (Å²) < 4.78 is 5.71. The summed E-state index contributed by atoms with van der Waals surface area (Å²) >= 11 is 6.08. The summed E-state index contributed by atoms with van der Waals surface area (Å²) in [6.45, 7) is 3.98. The largest absolute Gasteiger partial charge is 0.504 e. The lowest BCUT2D eigenvalue weighted by Crippen LogP contribution is -2.48. The highest BCUT2D eigenvalue weighted by atomic mass is 35.5. The van der Waals surface area contributed by atoms with Crippen LogP contribution in [0.4, 0.5) is 11.4 Å². The minimum atomic E-state index is -1.18. The van der Waals surface area contributed by atoms with Crippen molar-refractivity contribution in [2.75, 3.05) is 16.4 Å². The molecule has 2 saturated heterocycles. The predicted octanol–water partition coefficient (Wildman–Crippen LogP) is 5.88. The molecule has 8 nitrogen and oxygen atoms in total. The minimum Gasteiger partial charge on any atom is -0.504 e. The van der Waals surface area contributed by atoms with Crippen LogP contribution in [0, 0.1) is 29.1 Å². The summed E-state index contributed by atoms with van der Waals surface area (Å²) in [5.74, 6) is -3.99. The monoisotopic (exact) mass is 610 g/mol. The number of aromatic hydroxyl groups is 1. The number of halogens is 1. The molecule has 3 fully saturated rings. The maximum Gasteiger partial charge on any atom is 0.241 e. The van der Waals surface area contributed by atoms with Gasteiger partial charge in [0.1, 0.15) is 0 Å². The average molecular weight is 611 g/mol. The number of para-hydroxylation sites is 1. The fourth-order valence-corrected chi connectivity index (χ4v) is 8.17. The van der Waals surface area contributed by atoms with Crippen molar-refractivity contribution in [3.8, 4) is 11.5 Å². The fourth-order valence-electron chi connectivity index (χ4n) is 8.04.